The minimum Gasteiger partial charge on any atom is -0.303 e. The summed E-state index contributed by atoms with van der Waals surface area (Å²) < 4.78 is 0. The van der Waals surface area contributed by atoms with Crippen LogP contribution in [0, 0.1) is 0 Å². The molecule has 0 saturated carbocycles. The summed E-state index contributed by atoms with van der Waals surface area (Å²) in [6.07, 6.45) is 1.50. The summed E-state index contributed by atoms with van der Waals surface area (Å²) in [6.45, 7) is 0. The molecule has 7 nitrogen and oxygen atoms in total. The maximum Gasteiger partial charge on any atom is 0.259 e. The molecule has 3 rings (SSSR count). The lowest BCUT2D eigenvalue weighted by Gasteiger charge is -2.00. The molecular weight excluding hydrogens is 232 g/mol. The predicted octanol–water partition coefficient (Wildman–Crippen LogP) is 0.617. The van der Waals surface area contributed by atoms with Crippen molar-refractivity contribution in [2.45, 2.75) is 0 Å². The summed E-state index contributed by atoms with van der Waals surface area (Å²) in [4.78, 5) is 18.7. The molecule has 0 saturated heterocycles. The number of benzene rings is 1. The third-order valence-corrected chi connectivity index (χ3v) is 2.44. The van der Waals surface area contributed by atoms with Crippen molar-refractivity contribution in [3.05, 3.63) is 46.9 Å². The Morgan fingerprint density at radius 3 is 2.61 bits per heavy atom. The fourth-order valence-corrected chi connectivity index (χ4v) is 1.59. The number of H-pyrrole nitrogens is 2. The van der Waals surface area contributed by atoms with Crippen molar-refractivity contribution in [2.75, 3.05) is 0 Å². The zero-order valence-corrected chi connectivity index (χ0v) is 9.16. The molecule has 2 heterocycles. The SMILES string of the molecule is O=c1[nH]c(-c2nn[nH]n2)ncc1-c1ccccc1. The maximum absolute atomic E-state index is 12.0. The first kappa shape index (κ1) is 10.3. The second-order valence-corrected chi connectivity index (χ2v) is 3.58. The molecule has 0 unspecified atom stereocenters. The van der Waals surface area contributed by atoms with Gasteiger partial charge in [0, 0.05) is 6.20 Å². The molecular formula is C11H8N6O. The summed E-state index contributed by atoms with van der Waals surface area (Å²) in [7, 11) is 0. The zero-order valence-electron chi connectivity index (χ0n) is 9.16. The van der Waals surface area contributed by atoms with Gasteiger partial charge in [0.15, 0.2) is 5.82 Å². The third kappa shape index (κ3) is 1.77. The predicted molar refractivity (Wildman–Crippen MR) is 63.5 cm³/mol. The molecule has 0 fully saturated rings. The highest BCUT2D eigenvalue weighted by Gasteiger charge is 2.09. The highest BCUT2D eigenvalue weighted by molar-refractivity contribution is 5.62. The van der Waals surface area contributed by atoms with Crippen LogP contribution in [0.2, 0.25) is 0 Å². The number of aromatic nitrogens is 6. The number of nitrogens with one attached hydrogen (secondary N) is 2. The van der Waals surface area contributed by atoms with E-state index in [1.807, 2.05) is 30.3 Å². The van der Waals surface area contributed by atoms with E-state index in [2.05, 4.69) is 30.6 Å². The van der Waals surface area contributed by atoms with Gasteiger partial charge in [-0.05, 0) is 10.8 Å². The van der Waals surface area contributed by atoms with Crippen LogP contribution in [0.3, 0.4) is 0 Å². The molecule has 0 radical (unpaired) electrons. The van der Waals surface area contributed by atoms with Crippen molar-refractivity contribution in [3.63, 3.8) is 0 Å². The number of hydrogen-bond acceptors (Lipinski definition) is 5. The summed E-state index contributed by atoms with van der Waals surface area (Å²) >= 11 is 0. The van der Waals surface area contributed by atoms with Gasteiger partial charge in [0.05, 0.1) is 5.56 Å². The van der Waals surface area contributed by atoms with Crippen molar-refractivity contribution < 1.29 is 0 Å². The van der Waals surface area contributed by atoms with E-state index in [4.69, 9.17) is 0 Å². The fraction of sp³-hybridized carbons (Fsp3) is 0. The smallest absolute Gasteiger partial charge is 0.259 e. The first-order valence-electron chi connectivity index (χ1n) is 5.23. The summed E-state index contributed by atoms with van der Waals surface area (Å²) in [5, 5.41) is 13.2. The van der Waals surface area contributed by atoms with Crippen molar-refractivity contribution in [1.82, 2.24) is 30.6 Å². The van der Waals surface area contributed by atoms with Crippen molar-refractivity contribution in [2.24, 2.45) is 0 Å². The Bertz CT molecular complexity index is 704. The second kappa shape index (κ2) is 4.21. The topological polar surface area (TPSA) is 100 Å². The van der Waals surface area contributed by atoms with E-state index in [0.29, 0.717) is 5.56 Å². The number of rotatable bonds is 2. The molecule has 0 spiro atoms. The molecule has 2 aromatic heterocycles. The normalized spacial score (nSPS) is 10.4. The lowest BCUT2D eigenvalue weighted by Crippen LogP contribution is -2.11. The van der Waals surface area contributed by atoms with Crippen molar-refractivity contribution in [3.8, 4) is 22.8 Å². The minimum atomic E-state index is -0.240. The fourth-order valence-electron chi connectivity index (χ4n) is 1.59. The van der Waals surface area contributed by atoms with E-state index in [1.54, 1.807) is 0 Å². The molecule has 0 aliphatic carbocycles. The van der Waals surface area contributed by atoms with E-state index < -0.39 is 0 Å². The van der Waals surface area contributed by atoms with E-state index in [9.17, 15) is 4.79 Å². The first-order valence-corrected chi connectivity index (χ1v) is 5.23. The molecule has 1 aromatic carbocycles. The van der Waals surface area contributed by atoms with Gasteiger partial charge in [-0.15, -0.1) is 10.2 Å². The molecule has 0 atom stereocenters. The van der Waals surface area contributed by atoms with Gasteiger partial charge >= 0.3 is 0 Å². The van der Waals surface area contributed by atoms with Crippen LogP contribution in [-0.2, 0) is 0 Å². The number of aromatic amines is 2. The molecule has 18 heavy (non-hydrogen) atoms. The molecule has 0 amide bonds. The highest BCUT2D eigenvalue weighted by Crippen LogP contribution is 2.14. The van der Waals surface area contributed by atoms with Crippen LogP contribution in [0.15, 0.2) is 41.3 Å². The Kier molecular flexibility index (Phi) is 2.41. The van der Waals surface area contributed by atoms with Crippen LogP contribution in [0.1, 0.15) is 0 Å². The molecule has 7 heteroatoms. The number of tetrazole rings is 1. The van der Waals surface area contributed by atoms with Gasteiger partial charge in [0.1, 0.15) is 0 Å². The third-order valence-electron chi connectivity index (χ3n) is 2.44. The van der Waals surface area contributed by atoms with Gasteiger partial charge in [-0.25, -0.2) is 4.98 Å². The van der Waals surface area contributed by atoms with E-state index in [-0.39, 0.29) is 17.2 Å². The lowest BCUT2D eigenvalue weighted by molar-refractivity contribution is 0.881. The standard InChI is InChI=1S/C11H8N6O/c18-11-8(7-4-2-1-3-5-7)6-12-9(13-11)10-14-16-17-15-10/h1-6H,(H,12,13,18)(H,14,15,16,17). The maximum atomic E-state index is 12.0. The van der Waals surface area contributed by atoms with Crippen LogP contribution in [0.25, 0.3) is 22.8 Å². The van der Waals surface area contributed by atoms with Crippen LogP contribution in [0.4, 0.5) is 0 Å². The van der Waals surface area contributed by atoms with Crippen LogP contribution < -0.4 is 5.56 Å². The summed E-state index contributed by atoms with van der Waals surface area (Å²) in [5.74, 6) is 0.542. The average Bonchev–Trinajstić information content (AvgIpc) is 2.93. The van der Waals surface area contributed by atoms with Gasteiger partial charge in [-0.1, -0.05) is 30.3 Å². The molecule has 0 aliphatic rings. The molecule has 0 bridgehead atoms. The lowest BCUT2D eigenvalue weighted by atomic mass is 10.1. The summed E-state index contributed by atoms with van der Waals surface area (Å²) in [6, 6.07) is 9.31. The summed E-state index contributed by atoms with van der Waals surface area (Å²) in [5.41, 5.74) is 1.07. The Morgan fingerprint density at radius 2 is 1.94 bits per heavy atom. The van der Waals surface area contributed by atoms with E-state index >= 15 is 0 Å². The molecule has 0 aliphatic heterocycles. The quantitative estimate of drug-likeness (QED) is 0.683. The first-order chi connectivity index (χ1) is 8.84. The zero-order chi connectivity index (χ0) is 12.4. The van der Waals surface area contributed by atoms with Crippen LogP contribution >= 0.6 is 0 Å². The molecule has 88 valence electrons. The average molecular weight is 240 g/mol. The number of hydrogen-bond donors (Lipinski definition) is 2. The minimum absolute atomic E-state index is 0.240. The monoisotopic (exact) mass is 240 g/mol. The molecule has 2 N–H and O–H groups in total. The second-order valence-electron chi connectivity index (χ2n) is 3.58. The Morgan fingerprint density at radius 1 is 1.11 bits per heavy atom. The Hall–Kier alpha value is -2.83. The van der Waals surface area contributed by atoms with E-state index in [1.165, 1.54) is 6.20 Å². The Labute approximate surface area is 101 Å². The van der Waals surface area contributed by atoms with Crippen LogP contribution in [0.5, 0.6) is 0 Å². The highest BCUT2D eigenvalue weighted by atomic mass is 16.1. The van der Waals surface area contributed by atoms with Crippen LogP contribution in [-0.4, -0.2) is 30.6 Å². The largest absolute Gasteiger partial charge is 0.303 e. The van der Waals surface area contributed by atoms with Gasteiger partial charge in [0.25, 0.3) is 5.56 Å². The molecule has 3 aromatic rings. The van der Waals surface area contributed by atoms with E-state index in [0.717, 1.165) is 5.56 Å². The van der Waals surface area contributed by atoms with Gasteiger partial charge in [-0.2, -0.15) is 5.21 Å². The van der Waals surface area contributed by atoms with Gasteiger partial charge in [-0.3, -0.25) is 4.79 Å². The van der Waals surface area contributed by atoms with Gasteiger partial charge in [0.2, 0.25) is 5.82 Å². The van der Waals surface area contributed by atoms with Crippen molar-refractivity contribution >= 4 is 0 Å². The Balaban J connectivity index is 2.08. The number of nitrogens with zero attached hydrogens (tertiary/aromatic N) is 4. The van der Waals surface area contributed by atoms with Gasteiger partial charge < -0.3 is 4.98 Å². The van der Waals surface area contributed by atoms with Crippen molar-refractivity contribution in [1.29, 1.82) is 0 Å².